The van der Waals surface area contributed by atoms with E-state index in [0.717, 1.165) is 50.0 Å². The zero-order chi connectivity index (χ0) is 20.1. The molecule has 4 rings (SSSR count). The minimum Gasteiger partial charge on any atom is -0.380 e. The minimum atomic E-state index is 0.180. The zero-order valence-corrected chi connectivity index (χ0v) is 17.6. The number of hydrogen-bond acceptors (Lipinski definition) is 5. The fourth-order valence-electron chi connectivity index (χ4n) is 3.93. The minimum absolute atomic E-state index is 0.180. The van der Waals surface area contributed by atoms with Gasteiger partial charge in [0.1, 0.15) is 0 Å². The SMILES string of the molecule is COCC1=CN(c2cccc(Cl)c2)NC1Cc1ccccc1CN1CCOCC1. The molecule has 2 aliphatic heterocycles. The van der Waals surface area contributed by atoms with Crippen molar-refractivity contribution in [1.82, 2.24) is 10.3 Å². The van der Waals surface area contributed by atoms with Crippen molar-refractivity contribution in [3.8, 4) is 0 Å². The highest BCUT2D eigenvalue weighted by Gasteiger charge is 2.26. The monoisotopic (exact) mass is 413 g/mol. The van der Waals surface area contributed by atoms with Crippen LogP contribution in [0, 0.1) is 0 Å². The van der Waals surface area contributed by atoms with Crippen molar-refractivity contribution in [3.05, 3.63) is 76.5 Å². The number of benzene rings is 2. The van der Waals surface area contributed by atoms with Gasteiger partial charge in [0.05, 0.1) is 31.5 Å². The average Bonchev–Trinajstić information content (AvgIpc) is 3.13. The molecule has 0 aliphatic carbocycles. The van der Waals surface area contributed by atoms with Gasteiger partial charge in [-0.1, -0.05) is 41.9 Å². The number of morpholine rings is 1. The Bertz CT molecular complexity index is 852. The lowest BCUT2D eigenvalue weighted by Gasteiger charge is -2.28. The van der Waals surface area contributed by atoms with Crippen LogP contribution in [0.2, 0.25) is 5.02 Å². The molecule has 1 N–H and O–H groups in total. The predicted molar refractivity (Wildman–Crippen MR) is 117 cm³/mol. The van der Waals surface area contributed by atoms with Gasteiger partial charge in [0.2, 0.25) is 0 Å². The van der Waals surface area contributed by atoms with Crippen molar-refractivity contribution in [2.45, 2.75) is 19.0 Å². The van der Waals surface area contributed by atoms with E-state index in [-0.39, 0.29) is 6.04 Å². The normalized spacial score (nSPS) is 20.1. The van der Waals surface area contributed by atoms with Gasteiger partial charge in [-0.2, -0.15) is 0 Å². The van der Waals surface area contributed by atoms with Crippen molar-refractivity contribution >= 4 is 17.3 Å². The Morgan fingerprint density at radius 1 is 1.10 bits per heavy atom. The number of nitrogens with zero attached hydrogens (tertiary/aromatic N) is 2. The average molecular weight is 414 g/mol. The molecule has 0 aromatic heterocycles. The number of anilines is 1. The van der Waals surface area contributed by atoms with Gasteiger partial charge in [-0.25, -0.2) is 5.43 Å². The molecule has 5 nitrogen and oxygen atoms in total. The van der Waals surface area contributed by atoms with Crippen LogP contribution in [-0.4, -0.2) is 51.0 Å². The van der Waals surface area contributed by atoms with E-state index < -0.39 is 0 Å². The highest BCUT2D eigenvalue weighted by molar-refractivity contribution is 6.30. The van der Waals surface area contributed by atoms with Crippen LogP contribution >= 0.6 is 11.6 Å². The Kier molecular flexibility index (Phi) is 6.85. The quantitative estimate of drug-likeness (QED) is 0.750. The predicted octanol–water partition coefficient (Wildman–Crippen LogP) is 3.64. The van der Waals surface area contributed by atoms with E-state index in [1.807, 2.05) is 18.2 Å². The molecule has 1 fully saturated rings. The van der Waals surface area contributed by atoms with Crippen LogP contribution in [0.3, 0.4) is 0 Å². The van der Waals surface area contributed by atoms with Gasteiger partial charge in [0.25, 0.3) is 0 Å². The van der Waals surface area contributed by atoms with Crippen molar-refractivity contribution < 1.29 is 9.47 Å². The molecule has 154 valence electrons. The summed E-state index contributed by atoms with van der Waals surface area (Å²) in [6.45, 7) is 5.19. The van der Waals surface area contributed by atoms with Crippen molar-refractivity contribution in [2.75, 3.05) is 45.0 Å². The van der Waals surface area contributed by atoms with Gasteiger partial charge < -0.3 is 9.47 Å². The Morgan fingerprint density at radius 2 is 1.90 bits per heavy atom. The molecule has 0 saturated carbocycles. The zero-order valence-electron chi connectivity index (χ0n) is 16.8. The van der Waals surface area contributed by atoms with Gasteiger partial charge in [0.15, 0.2) is 0 Å². The van der Waals surface area contributed by atoms with Crippen molar-refractivity contribution in [2.24, 2.45) is 0 Å². The largest absolute Gasteiger partial charge is 0.380 e. The lowest BCUT2D eigenvalue weighted by molar-refractivity contribution is 0.0340. The van der Waals surface area contributed by atoms with Crippen LogP contribution in [-0.2, 0) is 22.4 Å². The smallest absolute Gasteiger partial charge is 0.0706 e. The summed E-state index contributed by atoms with van der Waals surface area (Å²) in [6.07, 6.45) is 3.04. The van der Waals surface area contributed by atoms with E-state index in [4.69, 9.17) is 21.1 Å². The third kappa shape index (κ3) is 5.18. The van der Waals surface area contributed by atoms with Gasteiger partial charge in [-0.05, 0) is 41.3 Å². The number of nitrogens with one attached hydrogen (secondary N) is 1. The van der Waals surface area contributed by atoms with Gasteiger partial charge in [0, 0.05) is 38.0 Å². The number of halogens is 1. The van der Waals surface area contributed by atoms with Crippen LogP contribution < -0.4 is 10.4 Å². The van der Waals surface area contributed by atoms with Crippen LogP contribution in [0.15, 0.2) is 60.3 Å². The number of rotatable bonds is 7. The van der Waals surface area contributed by atoms with E-state index in [0.29, 0.717) is 6.61 Å². The highest BCUT2D eigenvalue weighted by Crippen LogP contribution is 2.26. The molecule has 0 spiro atoms. The number of methoxy groups -OCH3 is 1. The first-order valence-electron chi connectivity index (χ1n) is 10.1. The van der Waals surface area contributed by atoms with Gasteiger partial charge in [-0.15, -0.1) is 0 Å². The van der Waals surface area contributed by atoms with Crippen molar-refractivity contribution in [1.29, 1.82) is 0 Å². The van der Waals surface area contributed by atoms with E-state index in [1.54, 1.807) is 7.11 Å². The third-order valence-corrected chi connectivity index (χ3v) is 5.71. The summed E-state index contributed by atoms with van der Waals surface area (Å²) in [5, 5.41) is 2.78. The van der Waals surface area contributed by atoms with Gasteiger partial charge in [-0.3, -0.25) is 9.91 Å². The molecule has 0 radical (unpaired) electrons. The van der Waals surface area contributed by atoms with Crippen LogP contribution in [0.1, 0.15) is 11.1 Å². The van der Waals surface area contributed by atoms with Crippen molar-refractivity contribution in [3.63, 3.8) is 0 Å². The second kappa shape index (κ2) is 9.74. The first-order valence-corrected chi connectivity index (χ1v) is 10.5. The lowest BCUT2D eigenvalue weighted by Crippen LogP contribution is -2.38. The Balaban J connectivity index is 1.50. The molecule has 2 aliphatic rings. The Labute approximate surface area is 177 Å². The molecular weight excluding hydrogens is 386 g/mol. The summed E-state index contributed by atoms with van der Waals surface area (Å²) < 4.78 is 11.0. The standard InChI is InChI=1S/C23H28ClN3O2/c1-28-17-20-16-27(22-8-4-7-21(24)14-22)25-23(20)13-18-5-2-3-6-19(18)15-26-9-11-29-12-10-26/h2-8,14,16,23,25H,9-13,15,17H2,1H3. The summed E-state index contributed by atoms with van der Waals surface area (Å²) in [4.78, 5) is 2.47. The second-order valence-electron chi connectivity index (χ2n) is 7.53. The maximum absolute atomic E-state index is 6.19. The van der Waals surface area contributed by atoms with E-state index in [9.17, 15) is 0 Å². The molecule has 29 heavy (non-hydrogen) atoms. The fourth-order valence-corrected chi connectivity index (χ4v) is 4.12. The Hall–Kier alpha value is -1.89. The lowest BCUT2D eigenvalue weighted by atomic mass is 9.96. The number of hydrogen-bond donors (Lipinski definition) is 1. The molecular formula is C23H28ClN3O2. The van der Waals surface area contributed by atoms with E-state index in [2.05, 4.69) is 51.9 Å². The Morgan fingerprint density at radius 3 is 2.66 bits per heavy atom. The van der Waals surface area contributed by atoms with E-state index in [1.165, 1.54) is 16.7 Å². The molecule has 1 saturated heterocycles. The molecule has 0 amide bonds. The highest BCUT2D eigenvalue weighted by atomic mass is 35.5. The number of hydrazine groups is 1. The molecule has 2 heterocycles. The summed E-state index contributed by atoms with van der Waals surface area (Å²) in [7, 11) is 1.74. The van der Waals surface area contributed by atoms with Gasteiger partial charge >= 0.3 is 0 Å². The molecule has 6 heteroatoms. The summed E-state index contributed by atoms with van der Waals surface area (Å²) in [5.74, 6) is 0. The topological polar surface area (TPSA) is 37.0 Å². The second-order valence-corrected chi connectivity index (χ2v) is 7.97. The maximum Gasteiger partial charge on any atom is 0.0706 e. The first-order chi connectivity index (χ1) is 14.2. The molecule has 1 atom stereocenters. The summed E-state index contributed by atoms with van der Waals surface area (Å²) in [5.41, 5.74) is 8.62. The van der Waals surface area contributed by atoms with Crippen LogP contribution in [0.4, 0.5) is 5.69 Å². The molecule has 1 unspecified atom stereocenters. The molecule has 2 aromatic carbocycles. The maximum atomic E-state index is 6.19. The summed E-state index contributed by atoms with van der Waals surface area (Å²) in [6, 6.07) is 16.8. The number of ether oxygens (including phenoxy) is 2. The van der Waals surface area contributed by atoms with Crippen LogP contribution in [0.5, 0.6) is 0 Å². The first kappa shape index (κ1) is 20.4. The van der Waals surface area contributed by atoms with E-state index >= 15 is 0 Å². The molecule has 2 aromatic rings. The molecule has 0 bridgehead atoms. The summed E-state index contributed by atoms with van der Waals surface area (Å²) >= 11 is 6.19. The fraction of sp³-hybridized carbons (Fsp3) is 0.391. The van der Waals surface area contributed by atoms with Crippen LogP contribution in [0.25, 0.3) is 0 Å². The third-order valence-electron chi connectivity index (χ3n) is 5.47.